The molecule has 1 atom stereocenters. The number of hydrogen-bond donors (Lipinski definition) is 3. The fraction of sp³-hybridized carbons (Fsp3) is 0.792. The van der Waals surface area contributed by atoms with Crippen molar-refractivity contribution in [2.24, 2.45) is 11.8 Å². The number of carboxylic acid groups (broad SMARTS) is 2. The number of hydrogen-bond acceptors (Lipinski definition) is 6. The molecule has 15 heteroatoms. The number of aromatic nitrogens is 2. The summed E-state index contributed by atoms with van der Waals surface area (Å²) < 4.78 is 77.2. The van der Waals surface area contributed by atoms with Crippen LogP contribution >= 0.6 is 0 Å². The van der Waals surface area contributed by atoms with E-state index in [2.05, 4.69) is 16.2 Å². The van der Waals surface area contributed by atoms with Crippen LogP contribution in [0.2, 0.25) is 0 Å². The van der Waals surface area contributed by atoms with Crippen molar-refractivity contribution in [1.29, 1.82) is 0 Å². The zero-order chi connectivity index (χ0) is 29.1. The largest absolute Gasteiger partial charge is 0.490 e. The predicted molar refractivity (Wildman–Crippen MR) is 125 cm³/mol. The van der Waals surface area contributed by atoms with E-state index in [1.165, 1.54) is 43.4 Å². The SMILES string of the molecule is O=C(O)C(F)(F)F.O=C(O)C(F)(F)F.c1c2c(nn1CC1CCOCC1)C(CNCC1CCCCC1)OCC2. The van der Waals surface area contributed by atoms with Crippen molar-refractivity contribution in [2.75, 3.05) is 32.9 Å². The second kappa shape index (κ2) is 15.4. The predicted octanol–water partition coefficient (Wildman–Crippen LogP) is 4.36. The van der Waals surface area contributed by atoms with Crippen molar-refractivity contribution in [2.45, 2.75) is 76.4 Å². The molecule has 2 aliphatic heterocycles. The Morgan fingerprint density at radius 1 is 0.897 bits per heavy atom. The minimum atomic E-state index is -5.08. The van der Waals surface area contributed by atoms with Crippen molar-refractivity contribution >= 4 is 11.9 Å². The molecule has 1 aromatic rings. The van der Waals surface area contributed by atoms with Crippen LogP contribution in [0.5, 0.6) is 0 Å². The van der Waals surface area contributed by atoms with E-state index in [1.807, 2.05) is 0 Å². The number of aliphatic carboxylic acids is 2. The van der Waals surface area contributed by atoms with E-state index in [4.69, 9.17) is 34.4 Å². The van der Waals surface area contributed by atoms with E-state index < -0.39 is 24.3 Å². The third-order valence-electron chi connectivity index (χ3n) is 6.62. The summed E-state index contributed by atoms with van der Waals surface area (Å²) in [4.78, 5) is 17.8. The normalized spacial score (nSPS) is 20.6. The summed E-state index contributed by atoms with van der Waals surface area (Å²) in [6.45, 7) is 5.70. The molecule has 0 bridgehead atoms. The third-order valence-corrected chi connectivity index (χ3v) is 6.62. The van der Waals surface area contributed by atoms with Gasteiger partial charge in [-0.3, -0.25) is 4.68 Å². The highest BCUT2D eigenvalue weighted by Crippen LogP contribution is 2.27. The first kappa shape index (κ1) is 32.8. The quantitative estimate of drug-likeness (QED) is 0.428. The third kappa shape index (κ3) is 12.1. The molecule has 3 aliphatic rings. The molecule has 0 radical (unpaired) electrons. The minimum absolute atomic E-state index is 0.128. The van der Waals surface area contributed by atoms with Gasteiger partial charge in [-0.05, 0) is 56.0 Å². The summed E-state index contributed by atoms with van der Waals surface area (Å²) in [5.74, 6) is -3.94. The van der Waals surface area contributed by atoms with E-state index >= 15 is 0 Å². The lowest BCUT2D eigenvalue weighted by Gasteiger charge is -2.25. The molecule has 0 aromatic carbocycles. The number of halogens is 6. The maximum absolute atomic E-state index is 10.6. The summed E-state index contributed by atoms with van der Waals surface area (Å²) in [7, 11) is 0. The Hall–Kier alpha value is -2.39. The number of nitrogens with one attached hydrogen (secondary N) is 1. The van der Waals surface area contributed by atoms with Crippen molar-refractivity contribution < 1.29 is 55.6 Å². The highest BCUT2D eigenvalue weighted by molar-refractivity contribution is 5.73. The number of carboxylic acids is 2. The first-order valence-corrected chi connectivity index (χ1v) is 12.8. The smallest absolute Gasteiger partial charge is 0.475 e. The first-order chi connectivity index (χ1) is 18.3. The van der Waals surface area contributed by atoms with Crippen LogP contribution < -0.4 is 5.32 Å². The number of carbonyl (C=O) groups is 2. The van der Waals surface area contributed by atoms with Gasteiger partial charge in [0.25, 0.3) is 0 Å². The fourth-order valence-corrected chi connectivity index (χ4v) is 4.58. The monoisotopic (exact) mass is 575 g/mol. The van der Waals surface area contributed by atoms with Gasteiger partial charge in [0.2, 0.25) is 0 Å². The van der Waals surface area contributed by atoms with Crippen molar-refractivity contribution in [3.05, 3.63) is 17.5 Å². The Kier molecular flexibility index (Phi) is 13.0. The maximum Gasteiger partial charge on any atom is 0.490 e. The Morgan fingerprint density at radius 2 is 1.46 bits per heavy atom. The van der Waals surface area contributed by atoms with Crippen LogP contribution in [0.4, 0.5) is 26.3 Å². The van der Waals surface area contributed by atoms with E-state index in [9.17, 15) is 26.3 Å². The number of rotatable bonds is 6. The molecule has 1 saturated carbocycles. The highest BCUT2D eigenvalue weighted by Gasteiger charge is 2.39. The van der Waals surface area contributed by atoms with Gasteiger partial charge in [-0.2, -0.15) is 31.4 Å². The molecule has 9 nitrogen and oxygen atoms in total. The molecular weight excluding hydrogens is 540 g/mol. The summed E-state index contributed by atoms with van der Waals surface area (Å²) in [6.07, 6.45) is 2.58. The number of fused-ring (bicyclic) bond motifs is 1. The van der Waals surface area contributed by atoms with Gasteiger partial charge < -0.3 is 25.0 Å². The molecule has 2 fully saturated rings. The van der Waals surface area contributed by atoms with Gasteiger partial charge in [-0.1, -0.05) is 19.3 Å². The topological polar surface area (TPSA) is 123 Å². The summed E-state index contributed by atoms with van der Waals surface area (Å²) in [6, 6.07) is 0. The molecule has 3 N–H and O–H groups in total. The van der Waals surface area contributed by atoms with Crippen LogP contribution in [0.3, 0.4) is 0 Å². The van der Waals surface area contributed by atoms with Gasteiger partial charge in [0.15, 0.2) is 0 Å². The van der Waals surface area contributed by atoms with Gasteiger partial charge in [-0.15, -0.1) is 0 Å². The fourth-order valence-electron chi connectivity index (χ4n) is 4.58. The molecule has 0 spiro atoms. The average molecular weight is 576 g/mol. The Labute approximate surface area is 221 Å². The second-order valence-electron chi connectivity index (χ2n) is 9.69. The van der Waals surface area contributed by atoms with Gasteiger partial charge in [0.05, 0.1) is 12.3 Å². The first-order valence-electron chi connectivity index (χ1n) is 12.8. The van der Waals surface area contributed by atoms with Crippen LogP contribution in [-0.2, 0) is 32.0 Å². The molecule has 1 saturated heterocycles. The van der Waals surface area contributed by atoms with Gasteiger partial charge in [-0.25, -0.2) is 9.59 Å². The van der Waals surface area contributed by atoms with Gasteiger partial charge in [0, 0.05) is 32.5 Å². The zero-order valence-electron chi connectivity index (χ0n) is 21.4. The van der Waals surface area contributed by atoms with Crippen molar-refractivity contribution in [3.63, 3.8) is 0 Å². The lowest BCUT2D eigenvalue weighted by molar-refractivity contribution is -0.193. The van der Waals surface area contributed by atoms with E-state index in [-0.39, 0.29) is 6.10 Å². The molecule has 1 aliphatic carbocycles. The van der Waals surface area contributed by atoms with Crippen molar-refractivity contribution in [1.82, 2.24) is 15.1 Å². The summed E-state index contributed by atoms with van der Waals surface area (Å²) in [5.41, 5.74) is 2.57. The zero-order valence-corrected chi connectivity index (χ0v) is 21.4. The Bertz CT molecular complexity index is 872. The van der Waals surface area contributed by atoms with E-state index in [1.54, 1.807) is 0 Å². The summed E-state index contributed by atoms with van der Waals surface area (Å²) >= 11 is 0. The molecule has 1 unspecified atom stereocenters. The Morgan fingerprint density at radius 3 is 2.00 bits per heavy atom. The van der Waals surface area contributed by atoms with Crippen LogP contribution in [0, 0.1) is 11.8 Å². The number of nitrogens with zero attached hydrogens (tertiary/aromatic N) is 2. The van der Waals surface area contributed by atoms with Crippen molar-refractivity contribution in [3.8, 4) is 0 Å². The standard InChI is InChI=1S/C20H33N3O2.2C2HF3O2/c1-2-4-16(5-3-1)12-21-13-19-20-18(8-11-25-19)15-23(22-20)14-17-6-9-24-10-7-17;2*3-2(4,5)1(6)7/h15-17,19,21H,1-14H2;2*(H,6,7). The second-order valence-corrected chi connectivity index (χ2v) is 9.69. The van der Waals surface area contributed by atoms with Crippen LogP contribution in [0.1, 0.15) is 62.3 Å². The van der Waals surface area contributed by atoms with E-state index in [0.29, 0.717) is 5.92 Å². The number of alkyl halides is 6. The highest BCUT2D eigenvalue weighted by atomic mass is 19.4. The average Bonchev–Trinajstić information content (AvgIpc) is 3.28. The molecule has 224 valence electrons. The molecular formula is C24H35F6N3O6. The lowest BCUT2D eigenvalue weighted by Crippen LogP contribution is -2.31. The Balaban J connectivity index is 0.000000317. The van der Waals surface area contributed by atoms with Gasteiger partial charge >= 0.3 is 24.3 Å². The van der Waals surface area contributed by atoms with Crippen LogP contribution in [0.25, 0.3) is 0 Å². The lowest BCUT2D eigenvalue weighted by atomic mass is 9.89. The van der Waals surface area contributed by atoms with Crippen LogP contribution in [-0.4, -0.2) is 77.2 Å². The molecule has 39 heavy (non-hydrogen) atoms. The number of ether oxygens (including phenoxy) is 2. The molecule has 1 aromatic heterocycles. The molecule has 3 heterocycles. The maximum atomic E-state index is 10.6. The van der Waals surface area contributed by atoms with E-state index in [0.717, 1.165) is 64.6 Å². The molecule has 4 rings (SSSR count). The van der Waals surface area contributed by atoms with Gasteiger partial charge in [0.1, 0.15) is 6.10 Å². The molecule has 0 amide bonds. The minimum Gasteiger partial charge on any atom is -0.475 e. The summed E-state index contributed by atoms with van der Waals surface area (Å²) in [5, 5.41) is 22.8. The van der Waals surface area contributed by atoms with Crippen LogP contribution in [0.15, 0.2) is 6.20 Å².